The first-order valence-electron chi connectivity index (χ1n) is 12.6. The number of halogens is 1. The first kappa shape index (κ1) is 29.1. The van der Waals surface area contributed by atoms with Gasteiger partial charge in [-0.2, -0.15) is 0 Å². The van der Waals surface area contributed by atoms with Crippen LogP contribution >= 0.6 is 39.0 Å². The number of carbonyl (C=O) groups excluding carboxylic acids is 3. The van der Waals surface area contributed by atoms with Gasteiger partial charge in [0, 0.05) is 43.8 Å². The molecule has 0 saturated heterocycles. The zero-order valence-electron chi connectivity index (χ0n) is 21.9. The van der Waals surface area contributed by atoms with Gasteiger partial charge in [-0.15, -0.1) is 23.1 Å². The molecule has 3 amide bonds. The minimum Gasteiger partial charge on any atom is -0.457 e. The Hall–Kier alpha value is -4.45. The lowest BCUT2D eigenvalue weighted by atomic mass is 10.2. The molecule has 0 fully saturated rings. The van der Waals surface area contributed by atoms with E-state index in [-0.39, 0.29) is 17.4 Å². The van der Waals surface area contributed by atoms with Crippen molar-refractivity contribution >= 4 is 73.6 Å². The molecule has 0 radical (unpaired) electrons. The second-order valence-corrected chi connectivity index (χ2v) is 11.6. The summed E-state index contributed by atoms with van der Waals surface area (Å²) in [4.78, 5) is 43.3. The Balaban J connectivity index is 1.28. The average Bonchev–Trinajstić information content (AvgIpc) is 3.70. The van der Waals surface area contributed by atoms with Crippen molar-refractivity contribution in [3.05, 3.63) is 124 Å². The Kier molecular flexibility index (Phi) is 9.65. The van der Waals surface area contributed by atoms with Crippen LogP contribution in [-0.2, 0) is 9.59 Å². The zero-order valence-corrected chi connectivity index (χ0v) is 25.1. The minimum atomic E-state index is -0.524. The molecule has 0 spiro atoms. The van der Waals surface area contributed by atoms with Gasteiger partial charge in [0.25, 0.3) is 11.8 Å². The van der Waals surface area contributed by atoms with E-state index < -0.39 is 11.8 Å². The molecule has 8 nitrogen and oxygen atoms in total. The molecule has 0 aliphatic heterocycles. The molecule has 2 aromatic heterocycles. The van der Waals surface area contributed by atoms with Gasteiger partial charge in [-0.05, 0) is 60.7 Å². The summed E-state index contributed by atoms with van der Waals surface area (Å²) >= 11 is 6.14. The highest BCUT2D eigenvalue weighted by Gasteiger charge is 2.16. The number of nitrogens with one attached hydrogen (secondary N) is 3. The zero-order chi connectivity index (χ0) is 29.3. The minimum absolute atomic E-state index is 0.0119. The van der Waals surface area contributed by atoms with E-state index in [1.165, 1.54) is 29.2 Å². The van der Waals surface area contributed by atoms with Crippen molar-refractivity contribution in [2.24, 2.45) is 0 Å². The molecule has 5 aromatic rings. The van der Waals surface area contributed by atoms with Crippen LogP contribution in [0.3, 0.4) is 0 Å². The molecule has 0 saturated carbocycles. The molecule has 0 atom stereocenters. The summed E-state index contributed by atoms with van der Waals surface area (Å²) in [7, 11) is 0. The number of thioether (sulfide) groups is 1. The summed E-state index contributed by atoms with van der Waals surface area (Å²) < 4.78 is 6.91. The molecule has 0 aliphatic carbocycles. The van der Waals surface area contributed by atoms with E-state index in [0.29, 0.717) is 27.9 Å². The topological polar surface area (TPSA) is 113 Å². The van der Waals surface area contributed by atoms with E-state index in [0.717, 1.165) is 14.9 Å². The molecule has 3 aromatic carbocycles. The van der Waals surface area contributed by atoms with Crippen molar-refractivity contribution in [2.45, 2.75) is 4.90 Å². The lowest BCUT2D eigenvalue weighted by molar-refractivity contribution is -0.114. The van der Waals surface area contributed by atoms with E-state index in [1.54, 1.807) is 72.2 Å². The van der Waals surface area contributed by atoms with E-state index in [2.05, 4.69) is 36.9 Å². The number of thiazole rings is 1. The van der Waals surface area contributed by atoms with Gasteiger partial charge in [0.15, 0.2) is 5.13 Å². The molecule has 42 heavy (non-hydrogen) atoms. The molecular weight excluding hydrogens is 636 g/mol. The Morgan fingerprint density at radius 2 is 1.67 bits per heavy atom. The van der Waals surface area contributed by atoms with Crippen LogP contribution in [0.5, 0.6) is 0 Å². The fourth-order valence-corrected chi connectivity index (χ4v) is 5.21. The summed E-state index contributed by atoms with van der Waals surface area (Å²) in [6, 6.07) is 26.9. The Morgan fingerprint density at radius 1 is 0.905 bits per heavy atom. The molecular formula is C31H23BrN4O4S2. The Morgan fingerprint density at radius 3 is 2.38 bits per heavy atom. The molecule has 2 heterocycles. The maximum Gasteiger partial charge on any atom is 0.272 e. The number of anilines is 2. The third-order valence-electron chi connectivity index (χ3n) is 5.73. The molecule has 0 bridgehead atoms. The number of rotatable bonds is 10. The third kappa shape index (κ3) is 8.06. The number of amides is 3. The normalized spacial score (nSPS) is 11.1. The van der Waals surface area contributed by atoms with Crippen molar-refractivity contribution in [2.75, 3.05) is 16.4 Å². The Bertz CT molecular complexity index is 1700. The van der Waals surface area contributed by atoms with Crippen LogP contribution < -0.4 is 16.0 Å². The first-order chi connectivity index (χ1) is 20.4. The fraction of sp³-hybridized carbons (Fsp3) is 0.0323. The molecule has 11 heteroatoms. The van der Waals surface area contributed by atoms with E-state index in [9.17, 15) is 14.4 Å². The molecule has 5 rings (SSSR count). The maximum atomic E-state index is 13.3. The van der Waals surface area contributed by atoms with Crippen LogP contribution in [0, 0.1) is 0 Å². The van der Waals surface area contributed by atoms with Crippen LogP contribution in [0.25, 0.3) is 17.4 Å². The molecule has 210 valence electrons. The highest BCUT2D eigenvalue weighted by Crippen LogP contribution is 2.26. The average molecular weight is 660 g/mol. The van der Waals surface area contributed by atoms with Crippen LogP contribution in [0.2, 0.25) is 0 Å². The van der Waals surface area contributed by atoms with Crippen molar-refractivity contribution < 1.29 is 18.8 Å². The molecule has 0 unspecified atom stereocenters. The monoisotopic (exact) mass is 658 g/mol. The number of benzene rings is 3. The van der Waals surface area contributed by atoms with Gasteiger partial charge in [0.2, 0.25) is 5.91 Å². The second kappa shape index (κ2) is 13.9. The van der Waals surface area contributed by atoms with Gasteiger partial charge in [0.05, 0.1) is 5.75 Å². The highest BCUT2D eigenvalue weighted by molar-refractivity contribution is 9.10. The highest BCUT2D eigenvalue weighted by atomic mass is 79.9. The number of aromatic nitrogens is 1. The second-order valence-electron chi connectivity index (χ2n) is 8.74. The quantitative estimate of drug-likeness (QED) is 0.107. The van der Waals surface area contributed by atoms with Gasteiger partial charge < -0.3 is 20.4 Å². The van der Waals surface area contributed by atoms with Gasteiger partial charge in [-0.3, -0.25) is 14.4 Å². The van der Waals surface area contributed by atoms with Crippen molar-refractivity contribution in [3.8, 4) is 11.3 Å². The van der Waals surface area contributed by atoms with Crippen molar-refractivity contribution in [1.29, 1.82) is 0 Å². The molecule has 0 aliphatic rings. The lowest BCUT2D eigenvalue weighted by Crippen LogP contribution is -2.30. The largest absolute Gasteiger partial charge is 0.457 e. The standard InChI is InChI=1S/C31H23BrN4O4S2/c32-22-8-6-20(7-9-22)27-15-12-24(40-27)18-26(35-29(38)21-4-2-1-3-5-21)30(39)34-23-10-13-25(14-11-23)42-19-28(37)36-31-33-16-17-41-31/h1-18H,19H2,(H,34,39)(H,35,38)(H,33,36,37). The van der Waals surface area contributed by atoms with E-state index >= 15 is 0 Å². The fourth-order valence-electron chi connectivity index (χ4n) is 3.71. The van der Waals surface area contributed by atoms with Gasteiger partial charge >= 0.3 is 0 Å². The first-order valence-corrected chi connectivity index (χ1v) is 15.3. The summed E-state index contributed by atoms with van der Waals surface area (Å²) in [6.45, 7) is 0. The summed E-state index contributed by atoms with van der Waals surface area (Å²) in [5, 5.41) is 10.6. The van der Waals surface area contributed by atoms with Crippen molar-refractivity contribution in [1.82, 2.24) is 10.3 Å². The summed E-state index contributed by atoms with van der Waals surface area (Å²) in [6.07, 6.45) is 3.12. The van der Waals surface area contributed by atoms with Crippen LogP contribution in [-0.4, -0.2) is 28.5 Å². The maximum absolute atomic E-state index is 13.3. The number of nitrogens with zero attached hydrogens (tertiary/aromatic N) is 1. The molecule has 3 N–H and O–H groups in total. The number of hydrogen-bond donors (Lipinski definition) is 3. The third-order valence-corrected chi connectivity index (χ3v) is 7.96. The van der Waals surface area contributed by atoms with Crippen LogP contribution in [0.15, 0.2) is 122 Å². The number of furan rings is 1. The number of hydrogen-bond acceptors (Lipinski definition) is 7. The predicted molar refractivity (Wildman–Crippen MR) is 170 cm³/mol. The Labute approximate surface area is 258 Å². The van der Waals surface area contributed by atoms with E-state index in [4.69, 9.17) is 4.42 Å². The van der Waals surface area contributed by atoms with E-state index in [1.807, 2.05) is 30.3 Å². The van der Waals surface area contributed by atoms with Gasteiger partial charge in [0.1, 0.15) is 17.2 Å². The summed E-state index contributed by atoms with van der Waals surface area (Å²) in [5.74, 6) is 0.126. The SMILES string of the molecule is O=C(CSc1ccc(NC(=O)C(=Cc2ccc(-c3ccc(Br)cc3)o2)NC(=O)c2ccccc2)cc1)Nc1nccs1. The van der Waals surface area contributed by atoms with Crippen molar-refractivity contribution in [3.63, 3.8) is 0 Å². The number of carbonyl (C=O) groups is 3. The van der Waals surface area contributed by atoms with Crippen LogP contribution in [0.1, 0.15) is 16.1 Å². The van der Waals surface area contributed by atoms with Crippen LogP contribution in [0.4, 0.5) is 10.8 Å². The smallest absolute Gasteiger partial charge is 0.272 e. The van der Waals surface area contributed by atoms with Gasteiger partial charge in [-0.1, -0.05) is 46.3 Å². The predicted octanol–water partition coefficient (Wildman–Crippen LogP) is 7.31. The lowest BCUT2D eigenvalue weighted by Gasteiger charge is -2.11. The summed E-state index contributed by atoms with van der Waals surface area (Å²) in [5.41, 5.74) is 1.81. The van der Waals surface area contributed by atoms with Gasteiger partial charge in [-0.25, -0.2) is 4.98 Å².